The van der Waals surface area contributed by atoms with Gasteiger partial charge in [0.1, 0.15) is 11.6 Å². The van der Waals surface area contributed by atoms with Crippen LogP contribution in [-0.2, 0) is 6.54 Å². The van der Waals surface area contributed by atoms with E-state index in [-0.39, 0.29) is 11.9 Å². The van der Waals surface area contributed by atoms with Gasteiger partial charge < -0.3 is 19.9 Å². The highest BCUT2D eigenvalue weighted by Crippen LogP contribution is 2.32. The first-order valence-corrected chi connectivity index (χ1v) is 13.3. The molecule has 1 aromatic carbocycles. The molecule has 0 bridgehead atoms. The smallest absolute Gasteiger partial charge is 0.264 e. The third-order valence-corrected chi connectivity index (χ3v) is 7.64. The number of aromatic nitrogens is 1. The van der Waals surface area contributed by atoms with E-state index < -0.39 is 0 Å². The van der Waals surface area contributed by atoms with Gasteiger partial charge >= 0.3 is 0 Å². The number of amides is 1. The molecular weight excluding hydrogens is 456 g/mol. The van der Waals surface area contributed by atoms with Crippen molar-refractivity contribution in [3.05, 3.63) is 64.5 Å². The second kappa shape index (κ2) is 11.7. The molecule has 1 aliphatic carbocycles. The minimum atomic E-state index is 0.109. The number of benzene rings is 1. The van der Waals surface area contributed by atoms with Gasteiger partial charge in [0, 0.05) is 50.0 Å². The van der Waals surface area contributed by atoms with Gasteiger partial charge in [-0.25, -0.2) is 4.98 Å². The average Bonchev–Trinajstić information content (AvgIpc) is 3.43. The molecule has 2 heterocycles. The van der Waals surface area contributed by atoms with Crippen LogP contribution in [0.1, 0.15) is 47.8 Å². The van der Waals surface area contributed by atoms with Crippen LogP contribution in [0.25, 0.3) is 11.1 Å². The second-order valence-corrected chi connectivity index (χ2v) is 10.2. The number of carbonyl (C=O) groups excluding carboxylic acids is 1. The third-order valence-electron chi connectivity index (χ3n) is 6.78. The molecule has 0 spiro atoms. The molecule has 35 heavy (non-hydrogen) atoms. The van der Waals surface area contributed by atoms with Gasteiger partial charge in [-0.3, -0.25) is 4.79 Å². The maximum absolute atomic E-state index is 13.7. The van der Waals surface area contributed by atoms with Crippen LogP contribution in [-0.4, -0.2) is 55.6 Å². The molecule has 1 fully saturated rings. The molecule has 0 aliphatic heterocycles. The molecule has 4 rings (SSSR count). The van der Waals surface area contributed by atoms with Gasteiger partial charge in [-0.05, 0) is 80.9 Å². The number of hydrogen-bond donors (Lipinski definition) is 1. The molecule has 1 aliphatic rings. The Morgan fingerprint density at radius 3 is 2.49 bits per heavy atom. The Bertz CT molecular complexity index is 1090. The van der Waals surface area contributed by atoms with Gasteiger partial charge in [0.15, 0.2) is 0 Å². The third kappa shape index (κ3) is 6.03. The molecule has 1 N–H and O–H groups in total. The SMILES string of the molecule is CCOc1ccc(-c2ccc(N(C)C)nc2)cc1CN(C(=O)c1cccs1)C1CCC(NC)CC1. The number of ether oxygens (including phenoxy) is 1. The van der Waals surface area contributed by atoms with Crippen LogP contribution < -0.4 is 15.0 Å². The first kappa shape index (κ1) is 25.2. The summed E-state index contributed by atoms with van der Waals surface area (Å²) in [7, 11) is 6.00. The van der Waals surface area contributed by atoms with Crippen LogP contribution in [0.15, 0.2) is 54.0 Å². The lowest BCUT2D eigenvalue weighted by atomic mass is 9.89. The molecule has 1 amide bonds. The Hall–Kier alpha value is -2.90. The van der Waals surface area contributed by atoms with E-state index in [0.717, 1.165) is 58.8 Å². The highest BCUT2D eigenvalue weighted by molar-refractivity contribution is 7.12. The van der Waals surface area contributed by atoms with Crippen LogP contribution in [0, 0.1) is 0 Å². The van der Waals surface area contributed by atoms with Crippen LogP contribution in [0.4, 0.5) is 5.82 Å². The fourth-order valence-corrected chi connectivity index (χ4v) is 5.45. The summed E-state index contributed by atoms with van der Waals surface area (Å²) in [6.45, 7) is 3.10. The van der Waals surface area contributed by atoms with Crippen LogP contribution in [0.3, 0.4) is 0 Å². The van der Waals surface area contributed by atoms with Crippen molar-refractivity contribution in [3.8, 4) is 16.9 Å². The van der Waals surface area contributed by atoms with Crippen molar-refractivity contribution >= 4 is 23.1 Å². The largest absolute Gasteiger partial charge is 0.494 e. The van der Waals surface area contributed by atoms with Crippen molar-refractivity contribution in [2.75, 3.05) is 32.6 Å². The number of pyridine rings is 1. The fourth-order valence-electron chi connectivity index (χ4n) is 4.77. The number of anilines is 1. The number of nitrogens with zero attached hydrogens (tertiary/aromatic N) is 3. The van der Waals surface area contributed by atoms with Gasteiger partial charge in [0.05, 0.1) is 11.5 Å². The Balaban J connectivity index is 1.66. The van der Waals surface area contributed by atoms with E-state index in [9.17, 15) is 4.79 Å². The number of rotatable bonds is 9. The quantitative estimate of drug-likeness (QED) is 0.431. The van der Waals surface area contributed by atoms with Crippen LogP contribution >= 0.6 is 11.3 Å². The van der Waals surface area contributed by atoms with Crippen molar-refractivity contribution in [2.45, 2.75) is 51.2 Å². The zero-order valence-electron chi connectivity index (χ0n) is 21.2. The van der Waals surface area contributed by atoms with E-state index in [4.69, 9.17) is 4.74 Å². The topological polar surface area (TPSA) is 57.7 Å². The highest BCUT2D eigenvalue weighted by Gasteiger charge is 2.30. The summed E-state index contributed by atoms with van der Waals surface area (Å²) in [5, 5.41) is 5.37. The maximum atomic E-state index is 13.7. The van der Waals surface area contributed by atoms with Crippen molar-refractivity contribution in [1.29, 1.82) is 0 Å². The van der Waals surface area contributed by atoms with Gasteiger partial charge in [-0.15, -0.1) is 11.3 Å². The summed E-state index contributed by atoms with van der Waals surface area (Å²) >= 11 is 1.51. The number of nitrogens with one attached hydrogen (secondary N) is 1. The summed E-state index contributed by atoms with van der Waals surface area (Å²) in [5.74, 6) is 1.87. The molecular formula is C28H36N4O2S. The van der Waals surface area contributed by atoms with E-state index in [1.165, 1.54) is 11.3 Å². The van der Waals surface area contributed by atoms with Crippen LogP contribution in [0.2, 0.25) is 0 Å². The van der Waals surface area contributed by atoms with E-state index in [2.05, 4.69) is 33.4 Å². The van der Waals surface area contributed by atoms with Crippen LogP contribution in [0.5, 0.6) is 5.75 Å². The van der Waals surface area contributed by atoms with E-state index >= 15 is 0 Å². The predicted molar refractivity (Wildman–Crippen MR) is 144 cm³/mol. The molecule has 0 atom stereocenters. The molecule has 7 heteroatoms. The summed E-state index contributed by atoms with van der Waals surface area (Å²) in [5.41, 5.74) is 3.15. The fraction of sp³-hybridized carbons (Fsp3) is 0.429. The minimum Gasteiger partial charge on any atom is -0.494 e. The van der Waals surface area contributed by atoms with Crippen molar-refractivity contribution < 1.29 is 9.53 Å². The van der Waals surface area contributed by atoms with E-state index in [1.54, 1.807) is 0 Å². The zero-order valence-corrected chi connectivity index (χ0v) is 22.0. The Labute approximate surface area is 212 Å². The lowest BCUT2D eigenvalue weighted by Gasteiger charge is -2.37. The van der Waals surface area contributed by atoms with Gasteiger partial charge in [0.2, 0.25) is 0 Å². The zero-order chi connectivity index (χ0) is 24.8. The summed E-state index contributed by atoms with van der Waals surface area (Å²) in [4.78, 5) is 23.1. The van der Waals surface area contributed by atoms with E-state index in [0.29, 0.717) is 19.2 Å². The first-order chi connectivity index (χ1) is 17.0. The second-order valence-electron chi connectivity index (χ2n) is 9.26. The number of hydrogen-bond acceptors (Lipinski definition) is 6. The highest BCUT2D eigenvalue weighted by atomic mass is 32.1. The summed E-state index contributed by atoms with van der Waals surface area (Å²) in [6, 6.07) is 15.0. The predicted octanol–water partition coefficient (Wildman–Crippen LogP) is 5.45. The van der Waals surface area contributed by atoms with Gasteiger partial charge in [0.25, 0.3) is 5.91 Å². The standard InChI is InChI=1S/C28H36N4O2S/c1-5-34-25-14-8-20(21-9-15-27(30-18-21)31(3)4)17-22(25)19-32(28(33)26-7-6-16-35-26)24-12-10-23(29-2)11-13-24/h6-9,14-18,23-24,29H,5,10-13,19H2,1-4H3. The molecule has 2 aromatic heterocycles. The molecule has 3 aromatic rings. The maximum Gasteiger partial charge on any atom is 0.264 e. The van der Waals surface area contributed by atoms with E-state index in [1.807, 2.05) is 68.8 Å². The molecule has 0 saturated heterocycles. The Kier molecular flexibility index (Phi) is 8.42. The van der Waals surface area contributed by atoms with Gasteiger partial charge in [-0.2, -0.15) is 0 Å². The number of carbonyl (C=O) groups is 1. The number of thiophene rings is 1. The Morgan fingerprint density at radius 2 is 1.89 bits per heavy atom. The van der Waals surface area contributed by atoms with Crippen molar-refractivity contribution in [3.63, 3.8) is 0 Å². The summed E-state index contributed by atoms with van der Waals surface area (Å²) < 4.78 is 6.00. The van der Waals surface area contributed by atoms with Crippen molar-refractivity contribution in [1.82, 2.24) is 15.2 Å². The van der Waals surface area contributed by atoms with Gasteiger partial charge in [-0.1, -0.05) is 12.1 Å². The monoisotopic (exact) mass is 492 g/mol. The summed E-state index contributed by atoms with van der Waals surface area (Å²) in [6.07, 6.45) is 6.07. The molecule has 6 nitrogen and oxygen atoms in total. The molecule has 186 valence electrons. The Morgan fingerprint density at radius 1 is 1.11 bits per heavy atom. The minimum absolute atomic E-state index is 0.109. The molecule has 0 unspecified atom stereocenters. The van der Waals surface area contributed by atoms with Crippen molar-refractivity contribution in [2.24, 2.45) is 0 Å². The molecule has 0 radical (unpaired) electrons. The molecule has 1 saturated carbocycles. The lowest BCUT2D eigenvalue weighted by molar-refractivity contribution is 0.0604. The lowest BCUT2D eigenvalue weighted by Crippen LogP contribution is -2.44. The average molecular weight is 493 g/mol. The normalized spacial score (nSPS) is 17.7. The first-order valence-electron chi connectivity index (χ1n) is 12.4.